The first kappa shape index (κ1) is 22.8. The average Bonchev–Trinajstić information content (AvgIpc) is 3.44. The third kappa shape index (κ3) is 3.50. The molecule has 1 N–H and O–H groups in total. The summed E-state index contributed by atoms with van der Waals surface area (Å²) in [7, 11) is 0. The first-order valence-corrected chi connectivity index (χ1v) is 13.4. The van der Waals surface area contributed by atoms with Gasteiger partial charge in [-0.3, -0.25) is 19.3 Å². The fourth-order valence-electron chi connectivity index (χ4n) is 5.95. The molecule has 2 aromatic carbocycles. The second-order valence-electron chi connectivity index (χ2n) is 9.18. The summed E-state index contributed by atoms with van der Waals surface area (Å²) in [6, 6.07) is 12.9. The third-order valence-electron chi connectivity index (χ3n) is 7.61. The maximum atomic E-state index is 13.2. The molecule has 2 bridgehead atoms. The van der Waals surface area contributed by atoms with Crippen molar-refractivity contribution in [2.75, 3.05) is 10.2 Å². The van der Waals surface area contributed by atoms with Crippen LogP contribution in [0.15, 0.2) is 42.5 Å². The smallest absolute Gasteiger partial charge is 0.255 e. The molecule has 5 rings (SSSR count). The van der Waals surface area contributed by atoms with Gasteiger partial charge in [0.25, 0.3) is 5.91 Å². The summed E-state index contributed by atoms with van der Waals surface area (Å²) in [4.78, 5) is 41.2. The summed E-state index contributed by atoms with van der Waals surface area (Å²) in [5.41, 5.74) is 4.11. The Morgan fingerprint density at radius 2 is 1.42 bits per heavy atom. The first-order chi connectivity index (χ1) is 15.9. The summed E-state index contributed by atoms with van der Waals surface area (Å²) in [5, 5.41) is 3.07. The van der Waals surface area contributed by atoms with Crippen LogP contribution in [0, 0.1) is 23.7 Å². The van der Waals surface area contributed by atoms with E-state index in [9.17, 15) is 14.4 Å². The van der Waals surface area contributed by atoms with Crippen molar-refractivity contribution in [3.63, 3.8) is 0 Å². The van der Waals surface area contributed by atoms with E-state index in [1.807, 2.05) is 18.2 Å². The number of rotatable bonds is 5. The van der Waals surface area contributed by atoms with Gasteiger partial charge >= 0.3 is 0 Å². The van der Waals surface area contributed by atoms with Crippen LogP contribution in [0.3, 0.4) is 0 Å². The van der Waals surface area contributed by atoms with Crippen LogP contribution in [-0.4, -0.2) is 27.4 Å². The van der Waals surface area contributed by atoms with Crippen molar-refractivity contribution in [1.82, 2.24) is 0 Å². The molecule has 2 aromatic rings. The van der Waals surface area contributed by atoms with E-state index in [1.165, 1.54) is 4.90 Å². The maximum absolute atomic E-state index is 13.2. The van der Waals surface area contributed by atoms with Crippen molar-refractivity contribution in [1.29, 1.82) is 0 Å². The van der Waals surface area contributed by atoms with E-state index in [0.29, 0.717) is 11.3 Å². The van der Waals surface area contributed by atoms with Crippen LogP contribution in [0.5, 0.6) is 0 Å². The van der Waals surface area contributed by atoms with Crippen molar-refractivity contribution in [2.24, 2.45) is 23.7 Å². The number of anilines is 2. The average molecular weight is 574 g/mol. The highest BCUT2D eigenvalue weighted by Crippen LogP contribution is 2.60. The van der Waals surface area contributed by atoms with Crippen molar-refractivity contribution < 1.29 is 14.4 Å². The second-order valence-corrected chi connectivity index (χ2v) is 11.3. The number of hydrogen-bond acceptors (Lipinski definition) is 3. The van der Waals surface area contributed by atoms with E-state index in [4.69, 9.17) is 0 Å². The first-order valence-electron chi connectivity index (χ1n) is 11.6. The number of nitrogens with zero attached hydrogens (tertiary/aromatic N) is 1. The Morgan fingerprint density at radius 1 is 0.909 bits per heavy atom. The fraction of sp³-hybridized carbons (Fsp3) is 0.423. The molecule has 3 amide bonds. The number of fused-ring (bicyclic) bond motifs is 5. The molecular formula is C26H26Br2N2O3. The molecule has 1 heterocycles. The largest absolute Gasteiger partial charge is 0.321 e. The molecule has 33 heavy (non-hydrogen) atoms. The van der Waals surface area contributed by atoms with Gasteiger partial charge in [-0.1, -0.05) is 63.9 Å². The van der Waals surface area contributed by atoms with Crippen LogP contribution in [0.25, 0.3) is 0 Å². The molecular weight excluding hydrogens is 548 g/mol. The van der Waals surface area contributed by atoms with Crippen molar-refractivity contribution in [3.8, 4) is 0 Å². The predicted octanol–water partition coefficient (Wildman–Crippen LogP) is 5.35. The van der Waals surface area contributed by atoms with Crippen molar-refractivity contribution >= 4 is 61.0 Å². The van der Waals surface area contributed by atoms with E-state index in [0.717, 1.165) is 36.1 Å². The number of para-hydroxylation sites is 1. The van der Waals surface area contributed by atoms with Gasteiger partial charge in [-0.05, 0) is 66.5 Å². The SMILES string of the molecule is CCc1cccc(CC)c1NC(=O)c1ccc(N2C(=O)[C@@H]3[C@H]4C[C@@H]([C@H](Br)[C@H]4Br)[C@H]3C2=O)cc1. The lowest BCUT2D eigenvalue weighted by atomic mass is 9.81. The van der Waals surface area contributed by atoms with E-state index < -0.39 is 0 Å². The number of alkyl halides is 2. The number of carbonyl (C=O) groups is 3. The summed E-state index contributed by atoms with van der Waals surface area (Å²) in [6.07, 6.45) is 2.57. The van der Waals surface area contributed by atoms with Gasteiger partial charge in [0.15, 0.2) is 0 Å². The van der Waals surface area contributed by atoms with E-state index in [-0.39, 0.29) is 51.0 Å². The molecule has 0 unspecified atom stereocenters. The number of hydrogen-bond donors (Lipinski definition) is 1. The molecule has 2 aliphatic carbocycles. The van der Waals surface area contributed by atoms with Crippen LogP contribution < -0.4 is 10.2 Å². The van der Waals surface area contributed by atoms with Crippen molar-refractivity contribution in [3.05, 3.63) is 59.2 Å². The Morgan fingerprint density at radius 3 is 1.91 bits per heavy atom. The fourth-order valence-corrected chi connectivity index (χ4v) is 7.83. The zero-order valence-electron chi connectivity index (χ0n) is 18.6. The number of halogens is 2. The highest BCUT2D eigenvalue weighted by atomic mass is 79.9. The molecule has 7 heteroatoms. The highest BCUT2D eigenvalue weighted by molar-refractivity contribution is 9.12. The third-order valence-corrected chi connectivity index (χ3v) is 10.8. The molecule has 172 valence electrons. The minimum atomic E-state index is -0.248. The molecule has 3 fully saturated rings. The van der Waals surface area contributed by atoms with Crippen LogP contribution in [0.2, 0.25) is 0 Å². The topological polar surface area (TPSA) is 66.5 Å². The molecule has 2 saturated carbocycles. The zero-order chi connectivity index (χ0) is 23.4. The Bertz CT molecular complexity index is 1080. The Balaban J connectivity index is 1.36. The molecule has 5 nitrogen and oxygen atoms in total. The highest BCUT2D eigenvalue weighted by Gasteiger charge is 2.66. The van der Waals surface area contributed by atoms with E-state index in [1.54, 1.807) is 24.3 Å². The number of aryl methyl sites for hydroxylation is 2. The monoisotopic (exact) mass is 572 g/mol. The van der Waals surface area contributed by atoms with Gasteiger partial charge in [0.1, 0.15) is 0 Å². The molecule has 3 aliphatic rings. The van der Waals surface area contributed by atoms with Gasteiger partial charge in [-0.15, -0.1) is 0 Å². The minimum absolute atomic E-state index is 0.108. The lowest BCUT2D eigenvalue weighted by molar-refractivity contribution is -0.123. The molecule has 1 aliphatic heterocycles. The lowest BCUT2D eigenvalue weighted by Gasteiger charge is -2.28. The van der Waals surface area contributed by atoms with E-state index >= 15 is 0 Å². The minimum Gasteiger partial charge on any atom is -0.321 e. The normalized spacial score (nSPS) is 30.1. The summed E-state index contributed by atoms with van der Waals surface area (Å²) >= 11 is 7.44. The predicted molar refractivity (Wildman–Crippen MR) is 136 cm³/mol. The quantitative estimate of drug-likeness (QED) is 0.387. The number of nitrogens with one attached hydrogen (secondary N) is 1. The summed E-state index contributed by atoms with van der Waals surface area (Å²) < 4.78 is 0. The molecule has 0 aromatic heterocycles. The van der Waals surface area contributed by atoms with Gasteiger partial charge in [-0.25, -0.2) is 0 Å². The molecule has 0 radical (unpaired) electrons. The number of benzene rings is 2. The Hall–Kier alpha value is -1.99. The van der Waals surface area contributed by atoms with Gasteiger partial charge in [0.2, 0.25) is 11.8 Å². The van der Waals surface area contributed by atoms with Crippen LogP contribution in [-0.2, 0) is 22.4 Å². The van der Waals surface area contributed by atoms with Crippen LogP contribution in [0.1, 0.15) is 41.8 Å². The van der Waals surface area contributed by atoms with Crippen LogP contribution in [0.4, 0.5) is 11.4 Å². The summed E-state index contributed by atoms with van der Waals surface area (Å²) in [6.45, 7) is 4.14. The van der Waals surface area contributed by atoms with Gasteiger partial charge in [0, 0.05) is 20.9 Å². The van der Waals surface area contributed by atoms with Gasteiger partial charge < -0.3 is 5.32 Å². The Kier molecular flexibility index (Phi) is 5.98. The molecule has 1 saturated heterocycles. The molecule has 6 atom stereocenters. The second kappa shape index (κ2) is 8.66. The Labute approximate surface area is 210 Å². The maximum Gasteiger partial charge on any atom is 0.255 e. The zero-order valence-corrected chi connectivity index (χ0v) is 21.7. The molecule has 0 spiro atoms. The summed E-state index contributed by atoms with van der Waals surface area (Å²) in [5.74, 6) is -0.547. The van der Waals surface area contributed by atoms with Crippen LogP contribution >= 0.6 is 31.9 Å². The lowest BCUT2D eigenvalue weighted by Crippen LogP contribution is -2.37. The number of carbonyl (C=O) groups excluding carboxylic acids is 3. The van der Waals surface area contributed by atoms with Gasteiger partial charge in [0.05, 0.1) is 17.5 Å². The van der Waals surface area contributed by atoms with Gasteiger partial charge in [-0.2, -0.15) is 0 Å². The standard InChI is InChI=1S/C26H26Br2N2O3/c1-3-13-6-5-7-14(4-2)23(13)29-24(31)15-8-10-16(11-9-15)30-25(32)19-17-12-18(20(19)26(30)33)22(28)21(17)27/h5-11,17-22H,3-4,12H2,1-2H3,(H,29,31)/t17-,18-,19-,20-,21+,22+/m1/s1. The van der Waals surface area contributed by atoms with E-state index in [2.05, 4.69) is 51.0 Å². The number of amides is 3. The van der Waals surface area contributed by atoms with Crippen molar-refractivity contribution in [2.45, 2.75) is 42.8 Å². The number of imide groups is 1.